The number of pyridine rings is 2. The van der Waals surface area contributed by atoms with Gasteiger partial charge in [0.1, 0.15) is 17.0 Å². The van der Waals surface area contributed by atoms with Gasteiger partial charge in [0.05, 0.1) is 22.6 Å². The Morgan fingerprint density at radius 1 is 0.960 bits per heavy atom. The van der Waals surface area contributed by atoms with Crippen LogP contribution in [0.25, 0.3) is 33.7 Å². The van der Waals surface area contributed by atoms with Crippen LogP contribution in [0.1, 0.15) is 5.56 Å². The molecule has 0 aliphatic rings. The monoisotopic (exact) mass is 333 g/mol. The second kappa shape index (κ2) is 5.66. The first-order chi connectivity index (χ1) is 12.0. The highest BCUT2D eigenvalue weighted by Crippen LogP contribution is 2.29. The van der Waals surface area contributed by atoms with Gasteiger partial charge in [0.25, 0.3) is 0 Å². The molecule has 2 N–H and O–H groups in total. The van der Waals surface area contributed by atoms with Gasteiger partial charge < -0.3 is 5.73 Å². The first kappa shape index (κ1) is 15.3. The van der Waals surface area contributed by atoms with Crippen molar-refractivity contribution in [1.29, 1.82) is 0 Å². The predicted molar refractivity (Wildman–Crippen MR) is 96.3 cm³/mol. The van der Waals surface area contributed by atoms with E-state index in [4.69, 9.17) is 5.73 Å². The molecule has 3 heterocycles. The Morgan fingerprint density at radius 2 is 1.80 bits per heavy atom. The van der Waals surface area contributed by atoms with Crippen LogP contribution in [0.4, 0.5) is 10.1 Å². The Kier molecular flexibility index (Phi) is 3.46. The van der Waals surface area contributed by atoms with Gasteiger partial charge in [-0.15, -0.1) is 0 Å². The predicted octanol–water partition coefficient (Wildman–Crippen LogP) is 3.73. The summed E-state index contributed by atoms with van der Waals surface area (Å²) in [6.07, 6.45) is 1.86. The minimum Gasteiger partial charge on any atom is -0.397 e. The number of nitrogen functional groups attached to an aromatic ring is 1. The summed E-state index contributed by atoms with van der Waals surface area (Å²) in [6.45, 7) is 1.92. The van der Waals surface area contributed by atoms with Crippen LogP contribution < -0.4 is 5.73 Å². The number of nitrogens with zero attached hydrogens (tertiary/aromatic N) is 4. The Balaban J connectivity index is 1.87. The SMILES string of the molecule is Cc1ccc(F)cc1-c1cc(N)c2nc(-c3ccn(C)n3)ccc2n1. The Morgan fingerprint density at radius 3 is 2.56 bits per heavy atom. The lowest BCUT2D eigenvalue weighted by Gasteiger charge is -2.09. The average molecular weight is 333 g/mol. The molecular formula is C19H16FN5. The van der Waals surface area contributed by atoms with Gasteiger partial charge in [0.15, 0.2) is 0 Å². The zero-order chi connectivity index (χ0) is 17.6. The van der Waals surface area contributed by atoms with Crippen molar-refractivity contribution >= 4 is 16.7 Å². The molecule has 0 radical (unpaired) electrons. The number of hydrogen-bond donors (Lipinski definition) is 1. The van der Waals surface area contributed by atoms with Crippen LogP contribution in [0.3, 0.4) is 0 Å². The highest BCUT2D eigenvalue weighted by molar-refractivity contribution is 5.91. The molecule has 0 bridgehead atoms. The number of hydrogen-bond acceptors (Lipinski definition) is 4. The van der Waals surface area contributed by atoms with Crippen LogP contribution in [0.2, 0.25) is 0 Å². The Bertz CT molecular complexity index is 1100. The van der Waals surface area contributed by atoms with Crippen LogP contribution in [-0.2, 0) is 7.05 Å². The maximum atomic E-state index is 13.6. The number of aryl methyl sites for hydroxylation is 2. The number of rotatable bonds is 2. The third-order valence-electron chi connectivity index (χ3n) is 4.13. The zero-order valence-corrected chi connectivity index (χ0v) is 13.9. The van der Waals surface area contributed by atoms with Crippen LogP contribution in [0, 0.1) is 12.7 Å². The second-order valence-electron chi connectivity index (χ2n) is 5.99. The standard InChI is InChI=1S/C19H16FN5/c1-11-3-4-12(20)9-13(11)18-10-14(21)19-17(22-18)6-5-15(23-19)16-7-8-25(2)24-16/h3-10H,1-2H3,(H2,21,22). The third kappa shape index (κ3) is 2.71. The van der Waals surface area contributed by atoms with Crippen molar-refractivity contribution in [2.24, 2.45) is 7.05 Å². The smallest absolute Gasteiger partial charge is 0.123 e. The van der Waals surface area contributed by atoms with E-state index in [1.807, 2.05) is 38.4 Å². The summed E-state index contributed by atoms with van der Waals surface area (Å²) in [4.78, 5) is 9.21. The number of benzene rings is 1. The third-order valence-corrected chi connectivity index (χ3v) is 4.13. The van der Waals surface area contributed by atoms with Crippen LogP contribution in [0.5, 0.6) is 0 Å². The summed E-state index contributed by atoms with van der Waals surface area (Å²) in [7, 11) is 1.86. The van der Waals surface area contributed by atoms with E-state index in [2.05, 4.69) is 15.1 Å². The summed E-state index contributed by atoms with van der Waals surface area (Å²) in [6, 6.07) is 12.0. The maximum Gasteiger partial charge on any atom is 0.123 e. The fourth-order valence-corrected chi connectivity index (χ4v) is 2.83. The maximum absolute atomic E-state index is 13.6. The summed E-state index contributed by atoms with van der Waals surface area (Å²) < 4.78 is 15.3. The molecule has 4 aromatic rings. The molecule has 124 valence electrons. The van der Waals surface area contributed by atoms with Crippen LogP contribution >= 0.6 is 0 Å². The lowest BCUT2D eigenvalue weighted by atomic mass is 10.0. The summed E-state index contributed by atoms with van der Waals surface area (Å²) >= 11 is 0. The molecule has 4 rings (SSSR count). The molecular weight excluding hydrogens is 317 g/mol. The van der Waals surface area contributed by atoms with Gasteiger partial charge in [-0.05, 0) is 48.9 Å². The van der Waals surface area contributed by atoms with Crippen molar-refractivity contribution < 1.29 is 4.39 Å². The van der Waals surface area contributed by atoms with Crippen LogP contribution in [-0.4, -0.2) is 19.7 Å². The van der Waals surface area contributed by atoms with Crippen molar-refractivity contribution in [2.45, 2.75) is 6.92 Å². The van der Waals surface area contributed by atoms with Gasteiger partial charge in [-0.3, -0.25) is 4.68 Å². The molecule has 0 unspecified atom stereocenters. The fraction of sp³-hybridized carbons (Fsp3) is 0.105. The lowest BCUT2D eigenvalue weighted by Crippen LogP contribution is -1.97. The highest BCUT2D eigenvalue weighted by Gasteiger charge is 2.12. The van der Waals surface area contributed by atoms with E-state index in [1.54, 1.807) is 16.8 Å². The molecule has 6 heteroatoms. The average Bonchev–Trinajstić information content (AvgIpc) is 3.03. The van der Waals surface area contributed by atoms with Crippen molar-refractivity contribution in [3.63, 3.8) is 0 Å². The molecule has 0 saturated carbocycles. The molecule has 0 fully saturated rings. The molecule has 0 spiro atoms. The molecule has 1 aromatic carbocycles. The summed E-state index contributed by atoms with van der Waals surface area (Å²) in [5.74, 6) is -0.301. The number of aromatic nitrogens is 4. The molecule has 0 atom stereocenters. The van der Waals surface area contributed by atoms with Gasteiger partial charge in [-0.25, -0.2) is 14.4 Å². The van der Waals surface area contributed by atoms with E-state index in [1.165, 1.54) is 12.1 Å². The molecule has 5 nitrogen and oxygen atoms in total. The number of anilines is 1. The molecule has 0 aliphatic heterocycles. The van der Waals surface area contributed by atoms with Crippen molar-refractivity contribution in [3.05, 3.63) is 60.0 Å². The van der Waals surface area contributed by atoms with Crippen molar-refractivity contribution in [3.8, 4) is 22.6 Å². The van der Waals surface area contributed by atoms with Crippen LogP contribution in [0.15, 0.2) is 48.7 Å². The van der Waals surface area contributed by atoms with E-state index in [0.29, 0.717) is 22.4 Å². The quantitative estimate of drug-likeness (QED) is 0.607. The summed E-state index contributed by atoms with van der Waals surface area (Å²) in [5.41, 5.74) is 11.8. The van der Waals surface area contributed by atoms with Gasteiger partial charge in [0.2, 0.25) is 0 Å². The van der Waals surface area contributed by atoms with Gasteiger partial charge >= 0.3 is 0 Å². The molecule has 25 heavy (non-hydrogen) atoms. The minimum atomic E-state index is -0.301. The van der Waals surface area contributed by atoms with E-state index in [0.717, 1.165) is 22.5 Å². The normalized spacial score (nSPS) is 11.2. The van der Waals surface area contributed by atoms with Gasteiger partial charge in [-0.1, -0.05) is 6.07 Å². The van der Waals surface area contributed by atoms with E-state index < -0.39 is 0 Å². The molecule has 0 saturated heterocycles. The Hall–Kier alpha value is -3.28. The van der Waals surface area contributed by atoms with E-state index in [9.17, 15) is 4.39 Å². The fourth-order valence-electron chi connectivity index (χ4n) is 2.83. The Labute approximate surface area is 144 Å². The second-order valence-corrected chi connectivity index (χ2v) is 5.99. The molecule has 3 aromatic heterocycles. The van der Waals surface area contributed by atoms with E-state index in [-0.39, 0.29) is 5.82 Å². The van der Waals surface area contributed by atoms with E-state index >= 15 is 0 Å². The molecule has 0 amide bonds. The number of fused-ring (bicyclic) bond motifs is 1. The first-order valence-electron chi connectivity index (χ1n) is 7.85. The van der Waals surface area contributed by atoms with Gasteiger partial charge in [-0.2, -0.15) is 5.10 Å². The topological polar surface area (TPSA) is 69.6 Å². The summed E-state index contributed by atoms with van der Waals surface area (Å²) in [5, 5.41) is 4.36. The number of nitrogens with two attached hydrogens (primary N) is 1. The first-order valence-corrected chi connectivity index (χ1v) is 7.85. The van der Waals surface area contributed by atoms with Crippen molar-refractivity contribution in [2.75, 3.05) is 5.73 Å². The highest BCUT2D eigenvalue weighted by atomic mass is 19.1. The lowest BCUT2D eigenvalue weighted by molar-refractivity contribution is 0.628. The minimum absolute atomic E-state index is 0.301. The van der Waals surface area contributed by atoms with Gasteiger partial charge in [0, 0.05) is 18.8 Å². The van der Waals surface area contributed by atoms with Crippen molar-refractivity contribution in [1.82, 2.24) is 19.7 Å². The number of halogens is 1. The zero-order valence-electron chi connectivity index (χ0n) is 13.9. The largest absolute Gasteiger partial charge is 0.397 e. The molecule has 0 aliphatic carbocycles.